The summed E-state index contributed by atoms with van der Waals surface area (Å²) in [6.07, 6.45) is 3.83. The minimum Gasteiger partial charge on any atom is -0.198 e. The summed E-state index contributed by atoms with van der Waals surface area (Å²) in [5, 5.41) is 10.7. The van der Waals surface area contributed by atoms with E-state index >= 15 is 0 Å². The standard InChI is InChI=1S/C14H15Cl2N/c1-10-4-5-14(7-10,9-17)8-11-2-3-12(15)6-13(11)16/h2-3,6,10H,4-5,7-8H2,1H3. The molecule has 0 saturated heterocycles. The van der Waals surface area contributed by atoms with Gasteiger partial charge in [-0.1, -0.05) is 36.2 Å². The van der Waals surface area contributed by atoms with Crippen LogP contribution in [-0.2, 0) is 6.42 Å². The minimum atomic E-state index is -0.225. The monoisotopic (exact) mass is 267 g/mol. The lowest BCUT2D eigenvalue weighted by Gasteiger charge is -2.21. The van der Waals surface area contributed by atoms with Crippen molar-refractivity contribution in [1.29, 1.82) is 5.26 Å². The Morgan fingerprint density at radius 3 is 2.76 bits per heavy atom. The van der Waals surface area contributed by atoms with E-state index in [9.17, 15) is 5.26 Å². The predicted molar refractivity (Wildman–Crippen MR) is 71.2 cm³/mol. The first kappa shape index (κ1) is 12.7. The molecule has 1 saturated carbocycles. The lowest BCUT2D eigenvalue weighted by molar-refractivity contribution is 0.391. The minimum absolute atomic E-state index is 0.225. The molecule has 90 valence electrons. The fourth-order valence-corrected chi connectivity index (χ4v) is 3.20. The molecule has 1 fully saturated rings. The van der Waals surface area contributed by atoms with Crippen LogP contribution in [0.1, 0.15) is 31.7 Å². The normalized spacial score (nSPS) is 28.0. The topological polar surface area (TPSA) is 23.8 Å². The number of rotatable bonds is 2. The van der Waals surface area contributed by atoms with Gasteiger partial charge in [-0.05, 0) is 49.3 Å². The first-order valence-corrected chi connectivity index (χ1v) is 6.65. The molecule has 2 rings (SSSR count). The average Bonchev–Trinajstić information content (AvgIpc) is 2.65. The van der Waals surface area contributed by atoms with Crippen molar-refractivity contribution in [2.45, 2.75) is 32.6 Å². The molecule has 0 heterocycles. The largest absolute Gasteiger partial charge is 0.198 e. The number of nitrogens with zero attached hydrogens (tertiary/aromatic N) is 1. The van der Waals surface area contributed by atoms with E-state index in [-0.39, 0.29) is 5.41 Å². The Hall–Kier alpha value is -0.710. The molecular formula is C14H15Cl2N. The summed E-state index contributed by atoms with van der Waals surface area (Å²) in [4.78, 5) is 0. The molecular weight excluding hydrogens is 253 g/mol. The van der Waals surface area contributed by atoms with Crippen molar-refractivity contribution >= 4 is 23.2 Å². The Balaban J connectivity index is 2.22. The molecule has 0 aromatic heterocycles. The highest BCUT2D eigenvalue weighted by molar-refractivity contribution is 6.35. The van der Waals surface area contributed by atoms with Gasteiger partial charge in [0.25, 0.3) is 0 Å². The van der Waals surface area contributed by atoms with Gasteiger partial charge in [0.2, 0.25) is 0 Å². The van der Waals surface area contributed by atoms with Gasteiger partial charge in [-0.2, -0.15) is 5.26 Å². The third-order valence-corrected chi connectivity index (χ3v) is 4.22. The molecule has 0 spiro atoms. The van der Waals surface area contributed by atoms with Crippen LogP contribution in [0.25, 0.3) is 0 Å². The molecule has 1 aliphatic rings. The van der Waals surface area contributed by atoms with Crippen molar-refractivity contribution in [2.24, 2.45) is 11.3 Å². The zero-order valence-corrected chi connectivity index (χ0v) is 11.4. The maximum Gasteiger partial charge on any atom is 0.0693 e. The van der Waals surface area contributed by atoms with Crippen LogP contribution in [0.3, 0.4) is 0 Å². The number of nitriles is 1. The van der Waals surface area contributed by atoms with Crippen molar-refractivity contribution in [3.05, 3.63) is 33.8 Å². The van der Waals surface area contributed by atoms with Gasteiger partial charge in [-0.15, -0.1) is 0 Å². The van der Waals surface area contributed by atoms with E-state index in [4.69, 9.17) is 23.2 Å². The van der Waals surface area contributed by atoms with E-state index in [1.165, 1.54) is 0 Å². The molecule has 0 radical (unpaired) electrons. The van der Waals surface area contributed by atoms with E-state index in [2.05, 4.69) is 13.0 Å². The van der Waals surface area contributed by atoms with Gasteiger partial charge < -0.3 is 0 Å². The van der Waals surface area contributed by atoms with Crippen LogP contribution in [0.5, 0.6) is 0 Å². The van der Waals surface area contributed by atoms with E-state index in [1.807, 2.05) is 12.1 Å². The number of hydrogen-bond acceptors (Lipinski definition) is 1. The van der Waals surface area contributed by atoms with Gasteiger partial charge in [0.05, 0.1) is 11.5 Å². The highest BCUT2D eigenvalue weighted by atomic mass is 35.5. The highest BCUT2D eigenvalue weighted by Gasteiger charge is 2.38. The van der Waals surface area contributed by atoms with Gasteiger partial charge in [0, 0.05) is 10.0 Å². The van der Waals surface area contributed by atoms with Crippen molar-refractivity contribution in [1.82, 2.24) is 0 Å². The van der Waals surface area contributed by atoms with Crippen LogP contribution in [0.15, 0.2) is 18.2 Å². The third kappa shape index (κ3) is 2.76. The molecule has 1 aromatic rings. The first-order valence-electron chi connectivity index (χ1n) is 5.90. The maximum atomic E-state index is 9.42. The van der Waals surface area contributed by atoms with Gasteiger partial charge >= 0.3 is 0 Å². The van der Waals surface area contributed by atoms with Gasteiger partial charge in [-0.3, -0.25) is 0 Å². The van der Waals surface area contributed by atoms with Crippen molar-refractivity contribution in [3.8, 4) is 6.07 Å². The lowest BCUT2D eigenvalue weighted by Crippen LogP contribution is -2.18. The molecule has 1 aromatic carbocycles. The third-order valence-electron chi connectivity index (χ3n) is 3.64. The van der Waals surface area contributed by atoms with Gasteiger partial charge in [0.1, 0.15) is 0 Å². The molecule has 0 aliphatic heterocycles. The zero-order chi connectivity index (χ0) is 12.5. The quantitative estimate of drug-likeness (QED) is 0.750. The van der Waals surface area contributed by atoms with Crippen molar-refractivity contribution in [3.63, 3.8) is 0 Å². The molecule has 1 aliphatic carbocycles. The van der Waals surface area contributed by atoms with Crippen LogP contribution >= 0.6 is 23.2 Å². The Morgan fingerprint density at radius 2 is 2.24 bits per heavy atom. The number of halogens is 2. The van der Waals surface area contributed by atoms with Crippen LogP contribution in [0.4, 0.5) is 0 Å². The van der Waals surface area contributed by atoms with E-state index in [1.54, 1.807) is 6.07 Å². The Bertz CT molecular complexity index is 464. The van der Waals surface area contributed by atoms with E-state index in [0.29, 0.717) is 16.0 Å². The fraction of sp³-hybridized carbons (Fsp3) is 0.500. The maximum absolute atomic E-state index is 9.42. The zero-order valence-electron chi connectivity index (χ0n) is 9.84. The first-order chi connectivity index (χ1) is 8.04. The molecule has 2 atom stereocenters. The second-order valence-corrected chi connectivity index (χ2v) is 6.00. The van der Waals surface area contributed by atoms with Crippen LogP contribution < -0.4 is 0 Å². The molecule has 0 N–H and O–H groups in total. The summed E-state index contributed by atoms with van der Waals surface area (Å²) in [5.41, 5.74) is 0.809. The van der Waals surface area contributed by atoms with Crippen LogP contribution in [0, 0.1) is 22.7 Å². The van der Waals surface area contributed by atoms with E-state index in [0.717, 1.165) is 31.2 Å². The smallest absolute Gasteiger partial charge is 0.0693 e. The summed E-state index contributed by atoms with van der Waals surface area (Å²) >= 11 is 12.0. The fourth-order valence-electron chi connectivity index (χ4n) is 2.73. The van der Waals surface area contributed by atoms with E-state index < -0.39 is 0 Å². The molecule has 17 heavy (non-hydrogen) atoms. The SMILES string of the molecule is CC1CCC(C#N)(Cc2ccc(Cl)cc2Cl)C1. The number of hydrogen-bond donors (Lipinski definition) is 0. The molecule has 2 unspecified atom stereocenters. The second kappa shape index (κ2) is 4.88. The molecule has 1 nitrogen and oxygen atoms in total. The Kier molecular flexibility index (Phi) is 3.66. The number of benzene rings is 1. The summed E-state index contributed by atoms with van der Waals surface area (Å²) in [6, 6.07) is 8.04. The molecule has 0 bridgehead atoms. The van der Waals surface area contributed by atoms with Gasteiger partial charge in [-0.25, -0.2) is 0 Å². The average molecular weight is 268 g/mol. The van der Waals surface area contributed by atoms with Crippen molar-refractivity contribution in [2.75, 3.05) is 0 Å². The molecule has 0 amide bonds. The summed E-state index contributed by atoms with van der Waals surface area (Å²) in [7, 11) is 0. The predicted octanol–water partition coefficient (Wildman–Crippen LogP) is 4.87. The summed E-state index contributed by atoms with van der Waals surface area (Å²) in [5.74, 6) is 0.640. The Morgan fingerprint density at radius 1 is 1.47 bits per heavy atom. The lowest BCUT2D eigenvalue weighted by atomic mass is 9.81. The summed E-state index contributed by atoms with van der Waals surface area (Å²) < 4.78 is 0. The van der Waals surface area contributed by atoms with Gasteiger partial charge in [0.15, 0.2) is 0 Å². The highest BCUT2D eigenvalue weighted by Crippen LogP contribution is 2.44. The van der Waals surface area contributed by atoms with Crippen LogP contribution in [0.2, 0.25) is 10.0 Å². The second-order valence-electron chi connectivity index (χ2n) is 5.15. The summed E-state index contributed by atoms with van der Waals surface area (Å²) in [6.45, 7) is 2.21. The van der Waals surface area contributed by atoms with Crippen LogP contribution in [-0.4, -0.2) is 0 Å². The molecule has 3 heteroatoms. The Labute approximate surface area is 112 Å². The van der Waals surface area contributed by atoms with Crippen molar-refractivity contribution < 1.29 is 0 Å².